The molecule has 1 aliphatic heterocycles. The van der Waals surface area contributed by atoms with Gasteiger partial charge < -0.3 is 19.5 Å². The average Bonchev–Trinajstić information content (AvgIpc) is 3.15. The van der Waals surface area contributed by atoms with Gasteiger partial charge in [0.1, 0.15) is 0 Å². The van der Waals surface area contributed by atoms with Gasteiger partial charge in [-0.25, -0.2) is 4.98 Å². The van der Waals surface area contributed by atoms with Gasteiger partial charge in [-0.05, 0) is 44.0 Å². The summed E-state index contributed by atoms with van der Waals surface area (Å²) in [5.41, 5.74) is 0.365. The van der Waals surface area contributed by atoms with Crippen molar-refractivity contribution in [1.29, 1.82) is 0 Å². The highest BCUT2D eigenvalue weighted by Gasteiger charge is 2.22. The van der Waals surface area contributed by atoms with Crippen molar-refractivity contribution in [2.75, 3.05) is 39.7 Å². The van der Waals surface area contributed by atoms with Crippen molar-refractivity contribution in [3.63, 3.8) is 0 Å². The first-order valence-corrected chi connectivity index (χ1v) is 9.26. The number of nitrogens with one attached hydrogen (secondary N) is 2. The van der Waals surface area contributed by atoms with Crippen LogP contribution >= 0.6 is 11.3 Å². The summed E-state index contributed by atoms with van der Waals surface area (Å²) >= 11 is 1.53. The third-order valence-corrected chi connectivity index (χ3v) is 5.51. The van der Waals surface area contributed by atoms with Gasteiger partial charge in [0.15, 0.2) is 16.6 Å². The SMILES string of the molecule is COc1ccc(C(=O)Nc2ncc(C3CCNCC3)s2)c(OC)c1OC. The molecule has 2 N–H and O–H groups in total. The Morgan fingerprint density at radius 3 is 2.54 bits per heavy atom. The van der Waals surface area contributed by atoms with Crippen LogP contribution in [0.2, 0.25) is 0 Å². The van der Waals surface area contributed by atoms with Gasteiger partial charge in [0.2, 0.25) is 5.75 Å². The van der Waals surface area contributed by atoms with Crippen molar-refractivity contribution in [3.8, 4) is 17.2 Å². The molecular formula is C18H23N3O4S. The van der Waals surface area contributed by atoms with E-state index in [0.717, 1.165) is 25.9 Å². The number of hydrogen-bond acceptors (Lipinski definition) is 7. The second kappa shape index (κ2) is 8.37. The largest absolute Gasteiger partial charge is 0.493 e. The molecule has 1 aliphatic rings. The lowest BCUT2D eigenvalue weighted by Crippen LogP contribution is -2.26. The lowest BCUT2D eigenvalue weighted by atomic mass is 9.97. The topological polar surface area (TPSA) is 81.7 Å². The minimum Gasteiger partial charge on any atom is -0.493 e. The quantitative estimate of drug-likeness (QED) is 0.806. The van der Waals surface area contributed by atoms with E-state index in [2.05, 4.69) is 15.6 Å². The maximum atomic E-state index is 12.7. The van der Waals surface area contributed by atoms with E-state index in [0.29, 0.717) is 33.9 Å². The van der Waals surface area contributed by atoms with E-state index >= 15 is 0 Å². The molecule has 2 heterocycles. The number of anilines is 1. The molecule has 0 unspecified atom stereocenters. The minimum absolute atomic E-state index is 0.297. The Balaban J connectivity index is 1.79. The summed E-state index contributed by atoms with van der Waals surface area (Å²) in [6, 6.07) is 3.33. The molecule has 0 saturated carbocycles. The van der Waals surface area contributed by atoms with Gasteiger partial charge in [-0.15, -0.1) is 11.3 Å². The molecule has 0 spiro atoms. The van der Waals surface area contributed by atoms with E-state index in [9.17, 15) is 4.79 Å². The third kappa shape index (κ3) is 3.76. The molecule has 1 amide bonds. The smallest absolute Gasteiger partial charge is 0.261 e. The molecule has 140 valence electrons. The van der Waals surface area contributed by atoms with Gasteiger partial charge in [-0.1, -0.05) is 0 Å². The number of amides is 1. The molecular weight excluding hydrogens is 354 g/mol. The van der Waals surface area contributed by atoms with E-state index in [1.165, 1.54) is 37.5 Å². The molecule has 3 rings (SSSR count). The van der Waals surface area contributed by atoms with Crippen molar-refractivity contribution in [3.05, 3.63) is 28.8 Å². The zero-order valence-corrected chi connectivity index (χ0v) is 15.9. The van der Waals surface area contributed by atoms with Gasteiger partial charge in [-0.3, -0.25) is 10.1 Å². The summed E-state index contributed by atoms with van der Waals surface area (Å²) in [5.74, 6) is 1.43. The van der Waals surface area contributed by atoms with E-state index in [1.54, 1.807) is 12.1 Å². The highest BCUT2D eigenvalue weighted by atomic mass is 32.1. The molecule has 2 aromatic rings. The van der Waals surface area contributed by atoms with Crippen LogP contribution in [0.1, 0.15) is 34.0 Å². The van der Waals surface area contributed by atoms with Gasteiger partial charge >= 0.3 is 0 Å². The first-order chi connectivity index (χ1) is 12.7. The Bertz CT molecular complexity index is 772. The number of nitrogens with zero attached hydrogens (tertiary/aromatic N) is 1. The van der Waals surface area contributed by atoms with Gasteiger partial charge in [0, 0.05) is 11.1 Å². The summed E-state index contributed by atoms with van der Waals surface area (Å²) in [4.78, 5) is 18.3. The Hall–Kier alpha value is -2.32. The van der Waals surface area contributed by atoms with Crippen molar-refractivity contribution in [2.45, 2.75) is 18.8 Å². The number of aromatic nitrogens is 1. The van der Waals surface area contributed by atoms with Crippen molar-refractivity contribution >= 4 is 22.4 Å². The van der Waals surface area contributed by atoms with Crippen LogP contribution in [0.25, 0.3) is 0 Å². The number of carbonyl (C=O) groups is 1. The lowest BCUT2D eigenvalue weighted by Gasteiger charge is -2.20. The average molecular weight is 377 g/mol. The third-order valence-electron chi connectivity index (χ3n) is 4.43. The van der Waals surface area contributed by atoms with Crippen LogP contribution in [-0.2, 0) is 0 Å². The van der Waals surface area contributed by atoms with Crippen LogP contribution in [0.4, 0.5) is 5.13 Å². The van der Waals surface area contributed by atoms with E-state index in [1.807, 2.05) is 6.20 Å². The maximum absolute atomic E-state index is 12.7. The van der Waals surface area contributed by atoms with Crippen LogP contribution in [0.3, 0.4) is 0 Å². The number of carbonyl (C=O) groups excluding carboxylic acids is 1. The minimum atomic E-state index is -0.297. The maximum Gasteiger partial charge on any atom is 0.261 e. The molecule has 0 atom stereocenters. The predicted molar refractivity (Wildman–Crippen MR) is 101 cm³/mol. The standard InChI is InChI=1S/C18H23N3O4S/c1-23-13-5-4-12(15(24-2)16(13)25-3)17(22)21-18-20-10-14(26-18)11-6-8-19-9-7-11/h4-5,10-11,19H,6-9H2,1-3H3,(H,20,21,22). The second-order valence-corrected chi connectivity index (χ2v) is 6.99. The molecule has 0 radical (unpaired) electrons. The van der Waals surface area contributed by atoms with E-state index in [4.69, 9.17) is 14.2 Å². The van der Waals surface area contributed by atoms with Gasteiger partial charge in [-0.2, -0.15) is 0 Å². The molecule has 0 aliphatic carbocycles. The fourth-order valence-corrected chi connectivity index (χ4v) is 4.06. The van der Waals surface area contributed by atoms with Gasteiger partial charge in [0.05, 0.1) is 26.9 Å². The van der Waals surface area contributed by atoms with Crippen LogP contribution in [0.5, 0.6) is 17.2 Å². The fourth-order valence-electron chi connectivity index (χ4n) is 3.08. The number of ether oxygens (including phenoxy) is 3. The number of thiazole rings is 1. The molecule has 1 aromatic heterocycles. The lowest BCUT2D eigenvalue weighted by molar-refractivity contribution is 0.102. The molecule has 8 heteroatoms. The first-order valence-electron chi connectivity index (χ1n) is 8.44. The Morgan fingerprint density at radius 1 is 1.15 bits per heavy atom. The zero-order valence-electron chi connectivity index (χ0n) is 15.1. The second-order valence-electron chi connectivity index (χ2n) is 5.93. The molecule has 26 heavy (non-hydrogen) atoms. The molecule has 0 bridgehead atoms. The number of piperidine rings is 1. The number of rotatable bonds is 6. The van der Waals surface area contributed by atoms with Crippen molar-refractivity contribution < 1.29 is 19.0 Å². The summed E-state index contributed by atoms with van der Waals surface area (Å²) in [5, 5.41) is 6.80. The Morgan fingerprint density at radius 2 is 1.88 bits per heavy atom. The van der Waals surface area contributed by atoms with Gasteiger partial charge in [0.25, 0.3) is 5.91 Å². The highest BCUT2D eigenvalue weighted by molar-refractivity contribution is 7.15. The monoisotopic (exact) mass is 377 g/mol. The first kappa shape index (κ1) is 18.5. The molecule has 1 fully saturated rings. The Labute approximate surface area is 156 Å². The van der Waals surface area contributed by atoms with Crippen molar-refractivity contribution in [1.82, 2.24) is 10.3 Å². The van der Waals surface area contributed by atoms with Crippen LogP contribution < -0.4 is 24.8 Å². The summed E-state index contributed by atoms with van der Waals surface area (Å²) in [7, 11) is 4.54. The Kier molecular flexibility index (Phi) is 5.95. The summed E-state index contributed by atoms with van der Waals surface area (Å²) < 4.78 is 16.0. The van der Waals surface area contributed by atoms with E-state index < -0.39 is 0 Å². The predicted octanol–water partition coefficient (Wildman–Crippen LogP) is 2.89. The summed E-state index contributed by atoms with van der Waals surface area (Å²) in [6.07, 6.45) is 4.06. The molecule has 1 aromatic carbocycles. The highest BCUT2D eigenvalue weighted by Crippen LogP contribution is 2.40. The molecule has 7 nitrogen and oxygen atoms in total. The zero-order chi connectivity index (χ0) is 18.5. The van der Waals surface area contributed by atoms with Crippen molar-refractivity contribution in [2.24, 2.45) is 0 Å². The number of methoxy groups -OCH3 is 3. The number of hydrogen-bond donors (Lipinski definition) is 2. The fraction of sp³-hybridized carbons (Fsp3) is 0.444. The molecule has 1 saturated heterocycles. The summed E-state index contributed by atoms with van der Waals surface area (Å²) in [6.45, 7) is 2.04. The van der Waals surface area contributed by atoms with Crippen LogP contribution in [0.15, 0.2) is 18.3 Å². The normalized spacial score (nSPS) is 14.7. The van der Waals surface area contributed by atoms with E-state index in [-0.39, 0.29) is 5.91 Å². The van der Waals surface area contributed by atoms with Crippen LogP contribution in [-0.4, -0.2) is 45.3 Å². The van der Waals surface area contributed by atoms with Crippen LogP contribution in [0, 0.1) is 0 Å². The number of benzene rings is 1.